The molecule has 3 rings (SSSR count). The number of carbonyl (C=O) groups is 2. The highest BCUT2D eigenvalue weighted by molar-refractivity contribution is 7.21. The van der Waals surface area contributed by atoms with Crippen LogP contribution in [0, 0.1) is 0 Å². The largest absolute Gasteiger partial charge is 0.459 e. The number of anilines is 1. The molecule has 0 bridgehead atoms. The van der Waals surface area contributed by atoms with Crippen molar-refractivity contribution in [2.24, 2.45) is 0 Å². The number of thiophene rings is 2. The maximum Gasteiger partial charge on any atom is 0.434 e. The molecule has 0 saturated heterocycles. The number of aromatic nitrogens is 1. The van der Waals surface area contributed by atoms with E-state index in [9.17, 15) is 22.8 Å². The van der Waals surface area contributed by atoms with Crippen molar-refractivity contribution in [2.75, 3.05) is 5.73 Å². The normalized spacial score (nSPS) is 11.9. The average Bonchev–Trinajstić information content (AvgIpc) is 3.20. The molecule has 27 heavy (non-hydrogen) atoms. The summed E-state index contributed by atoms with van der Waals surface area (Å²) in [4.78, 5) is 28.3. The Labute approximate surface area is 159 Å². The van der Waals surface area contributed by atoms with E-state index in [-0.39, 0.29) is 25.7 Å². The molecule has 0 aliphatic rings. The van der Waals surface area contributed by atoms with Crippen LogP contribution in [0.4, 0.5) is 18.9 Å². The molecule has 0 atom stereocenters. The zero-order valence-corrected chi connectivity index (χ0v) is 15.7. The van der Waals surface area contributed by atoms with Crippen LogP contribution in [-0.4, -0.2) is 22.8 Å². The number of hydrogen-bond donors (Lipinski definition) is 1. The van der Waals surface area contributed by atoms with Crippen molar-refractivity contribution >= 4 is 50.3 Å². The topological polar surface area (TPSA) is 82.3 Å². The van der Waals surface area contributed by atoms with E-state index in [1.807, 2.05) is 0 Å². The number of nitrogens with zero attached hydrogens (tertiary/aromatic N) is 1. The van der Waals surface area contributed by atoms with Crippen molar-refractivity contribution in [3.63, 3.8) is 0 Å². The highest BCUT2D eigenvalue weighted by Gasteiger charge is 2.39. The fraction of sp³-hybridized carbons (Fsp3) is 0.235. The van der Waals surface area contributed by atoms with E-state index in [1.165, 1.54) is 6.07 Å². The first-order valence-electron chi connectivity index (χ1n) is 7.69. The summed E-state index contributed by atoms with van der Waals surface area (Å²) in [6.45, 7) is 3.28. The number of hydrogen-bond acceptors (Lipinski definition) is 7. The van der Waals surface area contributed by atoms with Crippen molar-refractivity contribution in [1.82, 2.24) is 4.98 Å². The van der Waals surface area contributed by atoms with Crippen molar-refractivity contribution < 1.29 is 27.5 Å². The molecular formula is C17H13F3N2O3S2. The number of esters is 1. The molecule has 3 aromatic heterocycles. The third kappa shape index (κ3) is 3.67. The zero-order chi connectivity index (χ0) is 19.9. The second-order valence-electron chi connectivity index (χ2n) is 5.84. The van der Waals surface area contributed by atoms with Crippen LogP contribution in [0.2, 0.25) is 0 Å². The van der Waals surface area contributed by atoms with Crippen LogP contribution in [0.5, 0.6) is 0 Å². The maximum absolute atomic E-state index is 13.5. The number of pyridine rings is 1. The Hall–Kier alpha value is -2.46. The van der Waals surface area contributed by atoms with E-state index in [0.29, 0.717) is 11.3 Å². The van der Waals surface area contributed by atoms with E-state index < -0.39 is 35.3 Å². The van der Waals surface area contributed by atoms with Gasteiger partial charge in [0.15, 0.2) is 5.69 Å². The fourth-order valence-electron chi connectivity index (χ4n) is 2.39. The van der Waals surface area contributed by atoms with Crippen molar-refractivity contribution in [3.05, 3.63) is 44.6 Å². The lowest BCUT2D eigenvalue weighted by Crippen LogP contribution is -2.15. The average molecular weight is 414 g/mol. The van der Waals surface area contributed by atoms with Gasteiger partial charge >= 0.3 is 12.1 Å². The molecule has 3 aromatic rings. The summed E-state index contributed by atoms with van der Waals surface area (Å²) in [6.07, 6.45) is -5.26. The molecule has 3 heterocycles. The third-order valence-electron chi connectivity index (χ3n) is 3.51. The molecule has 0 saturated carbocycles. The smallest absolute Gasteiger partial charge is 0.434 e. The number of nitrogens with two attached hydrogens (primary N) is 1. The molecule has 142 valence electrons. The van der Waals surface area contributed by atoms with Gasteiger partial charge in [0.2, 0.25) is 5.78 Å². The molecule has 0 aliphatic heterocycles. The van der Waals surface area contributed by atoms with E-state index in [4.69, 9.17) is 10.5 Å². The number of rotatable bonds is 4. The summed E-state index contributed by atoms with van der Waals surface area (Å²) in [5.41, 5.74) is 3.98. The summed E-state index contributed by atoms with van der Waals surface area (Å²) in [6, 6.07) is 4.04. The van der Waals surface area contributed by atoms with Gasteiger partial charge in [-0.25, -0.2) is 9.78 Å². The third-order valence-corrected chi connectivity index (χ3v) is 5.47. The minimum Gasteiger partial charge on any atom is -0.459 e. The first kappa shape index (κ1) is 19.3. The molecule has 0 radical (unpaired) electrons. The van der Waals surface area contributed by atoms with Crippen LogP contribution in [0.1, 0.15) is 44.4 Å². The molecule has 5 nitrogen and oxygen atoms in total. The highest BCUT2D eigenvalue weighted by Crippen LogP contribution is 2.39. The molecule has 0 unspecified atom stereocenters. The number of fused-ring (bicyclic) bond motifs is 1. The standard InChI is InChI=1S/C17H13F3N2O3S2/c1-7(2)25-16(24)13-11(21)8-6-9(12(23)10-4-3-5-26-10)14(17(18,19)20)22-15(8)27-13/h3-7H,21H2,1-2H3. The summed E-state index contributed by atoms with van der Waals surface area (Å²) in [7, 11) is 0. The maximum atomic E-state index is 13.5. The number of halogens is 3. The SMILES string of the molecule is CC(C)OC(=O)c1sc2nc(C(F)(F)F)c(C(=O)c3cccs3)cc2c1N. The van der Waals surface area contributed by atoms with Gasteiger partial charge in [0.25, 0.3) is 0 Å². The first-order chi connectivity index (χ1) is 12.6. The Morgan fingerprint density at radius 1 is 1.30 bits per heavy atom. The predicted octanol–water partition coefficient (Wildman–Crippen LogP) is 4.76. The molecule has 10 heteroatoms. The van der Waals surface area contributed by atoms with Gasteiger partial charge in [0.05, 0.1) is 22.2 Å². The minimum absolute atomic E-state index is 0.0416. The zero-order valence-electron chi connectivity index (χ0n) is 14.1. The van der Waals surface area contributed by atoms with Crippen LogP contribution < -0.4 is 5.73 Å². The van der Waals surface area contributed by atoms with Gasteiger partial charge in [-0.05, 0) is 31.4 Å². The van der Waals surface area contributed by atoms with Crippen LogP contribution >= 0.6 is 22.7 Å². The van der Waals surface area contributed by atoms with E-state index >= 15 is 0 Å². The van der Waals surface area contributed by atoms with E-state index in [0.717, 1.165) is 17.4 Å². The summed E-state index contributed by atoms with van der Waals surface area (Å²) >= 11 is 1.73. The Morgan fingerprint density at radius 3 is 2.56 bits per heavy atom. The lowest BCUT2D eigenvalue weighted by Gasteiger charge is -2.11. The van der Waals surface area contributed by atoms with Gasteiger partial charge in [-0.1, -0.05) is 6.07 Å². The second kappa shape index (κ2) is 6.93. The first-order valence-corrected chi connectivity index (χ1v) is 9.38. The lowest BCUT2D eigenvalue weighted by atomic mass is 10.1. The van der Waals surface area contributed by atoms with Crippen molar-refractivity contribution in [3.8, 4) is 0 Å². The van der Waals surface area contributed by atoms with Gasteiger partial charge in [-0.15, -0.1) is 22.7 Å². The molecule has 0 amide bonds. The molecule has 2 N–H and O–H groups in total. The molecular weight excluding hydrogens is 401 g/mol. The van der Waals surface area contributed by atoms with Gasteiger partial charge < -0.3 is 10.5 Å². The lowest BCUT2D eigenvalue weighted by molar-refractivity contribution is -0.141. The monoisotopic (exact) mass is 414 g/mol. The quantitative estimate of drug-likeness (QED) is 0.492. The highest BCUT2D eigenvalue weighted by atomic mass is 32.1. The Morgan fingerprint density at radius 2 is 2.00 bits per heavy atom. The van der Waals surface area contributed by atoms with E-state index in [1.54, 1.807) is 25.3 Å². The summed E-state index contributed by atoms with van der Waals surface area (Å²) < 4.78 is 45.5. The summed E-state index contributed by atoms with van der Waals surface area (Å²) in [5, 5.41) is 1.70. The number of nitrogen functional groups attached to an aromatic ring is 1. The van der Waals surface area contributed by atoms with Gasteiger partial charge in [0.1, 0.15) is 9.71 Å². The van der Waals surface area contributed by atoms with Crippen molar-refractivity contribution in [2.45, 2.75) is 26.1 Å². The van der Waals surface area contributed by atoms with Crippen molar-refractivity contribution in [1.29, 1.82) is 0 Å². The Bertz CT molecular complexity index is 1020. The van der Waals surface area contributed by atoms with E-state index in [2.05, 4.69) is 4.98 Å². The molecule has 0 aromatic carbocycles. The Balaban J connectivity index is 2.21. The fourth-order valence-corrected chi connectivity index (χ4v) is 4.03. The van der Waals surface area contributed by atoms with Crippen LogP contribution in [0.3, 0.4) is 0 Å². The number of ketones is 1. The number of ether oxygens (including phenoxy) is 1. The second-order valence-corrected chi connectivity index (χ2v) is 7.79. The Kier molecular flexibility index (Phi) is 4.96. The molecule has 0 fully saturated rings. The predicted molar refractivity (Wildman–Crippen MR) is 97.3 cm³/mol. The van der Waals surface area contributed by atoms with Crippen LogP contribution in [0.15, 0.2) is 23.6 Å². The van der Waals surface area contributed by atoms with Crippen LogP contribution in [-0.2, 0) is 10.9 Å². The number of carbonyl (C=O) groups excluding carboxylic acids is 2. The van der Waals surface area contributed by atoms with Gasteiger partial charge in [0, 0.05) is 5.39 Å². The summed E-state index contributed by atoms with van der Waals surface area (Å²) in [5.74, 6) is -1.55. The molecule has 0 spiro atoms. The van der Waals surface area contributed by atoms with Crippen LogP contribution in [0.25, 0.3) is 10.2 Å². The molecule has 0 aliphatic carbocycles. The number of alkyl halides is 3. The minimum atomic E-state index is -4.84. The van der Waals surface area contributed by atoms with Gasteiger partial charge in [-0.2, -0.15) is 13.2 Å². The van der Waals surface area contributed by atoms with Gasteiger partial charge in [-0.3, -0.25) is 4.79 Å².